The molecule has 0 spiro atoms. The molecule has 0 amide bonds. The van der Waals surface area contributed by atoms with Gasteiger partial charge in [0.1, 0.15) is 0 Å². The van der Waals surface area contributed by atoms with Crippen molar-refractivity contribution in [1.82, 2.24) is 4.98 Å². The Kier molecular flexibility index (Phi) is 3.19. The maximum atomic E-state index is 10.6. The highest BCUT2D eigenvalue weighted by Gasteiger charge is 2.08. The highest BCUT2D eigenvalue weighted by molar-refractivity contribution is 7.11. The molecule has 0 saturated heterocycles. The van der Waals surface area contributed by atoms with Crippen LogP contribution in [0.5, 0.6) is 5.19 Å². The third kappa shape index (κ3) is 2.59. The molecule has 0 atom stereocenters. The van der Waals surface area contributed by atoms with Crippen LogP contribution in [0, 0.1) is 0 Å². The van der Waals surface area contributed by atoms with Crippen molar-refractivity contribution in [2.75, 3.05) is 0 Å². The number of thiazole rings is 1. The Bertz CT molecular complexity index is 754. The Morgan fingerprint density at radius 1 is 1.16 bits per heavy atom. The van der Waals surface area contributed by atoms with E-state index in [4.69, 9.17) is 16.3 Å². The third-order valence-corrected chi connectivity index (χ3v) is 3.49. The van der Waals surface area contributed by atoms with Gasteiger partial charge in [-0.3, -0.25) is 0 Å². The molecule has 0 bridgehead atoms. The van der Waals surface area contributed by atoms with Gasteiger partial charge in [-0.15, -0.1) is 0 Å². The molecule has 94 valence electrons. The molecule has 3 rings (SSSR count). The van der Waals surface area contributed by atoms with Crippen LogP contribution in [0.4, 0.5) is 4.79 Å². The molecule has 0 fully saturated rings. The SMILES string of the molecule is O=C(Cl)Oc1nc(-c2ccc3ccccc3c2)cs1. The summed E-state index contributed by atoms with van der Waals surface area (Å²) in [6, 6.07) is 14.2. The maximum absolute atomic E-state index is 10.6. The Morgan fingerprint density at radius 2 is 1.95 bits per heavy atom. The van der Waals surface area contributed by atoms with E-state index in [1.54, 1.807) is 0 Å². The first kappa shape index (κ1) is 12.1. The summed E-state index contributed by atoms with van der Waals surface area (Å²) < 4.78 is 4.74. The molecular weight excluding hydrogens is 282 g/mol. The number of ether oxygens (including phenoxy) is 1. The van der Waals surface area contributed by atoms with E-state index in [1.165, 1.54) is 16.7 Å². The van der Waals surface area contributed by atoms with E-state index in [-0.39, 0.29) is 5.19 Å². The lowest BCUT2D eigenvalue weighted by Gasteiger charge is -2.00. The van der Waals surface area contributed by atoms with Crippen molar-refractivity contribution in [2.45, 2.75) is 0 Å². The van der Waals surface area contributed by atoms with Gasteiger partial charge < -0.3 is 4.74 Å². The van der Waals surface area contributed by atoms with Gasteiger partial charge in [0.05, 0.1) is 5.69 Å². The number of carbonyl (C=O) groups excluding carboxylic acids is 1. The highest BCUT2D eigenvalue weighted by Crippen LogP contribution is 2.29. The molecule has 0 N–H and O–H groups in total. The summed E-state index contributed by atoms with van der Waals surface area (Å²) in [6.07, 6.45) is 0. The topological polar surface area (TPSA) is 39.2 Å². The molecule has 3 nitrogen and oxygen atoms in total. The molecule has 3 aromatic rings. The lowest BCUT2D eigenvalue weighted by Crippen LogP contribution is -1.94. The summed E-state index contributed by atoms with van der Waals surface area (Å²) >= 11 is 6.39. The van der Waals surface area contributed by atoms with Gasteiger partial charge in [0.15, 0.2) is 0 Å². The van der Waals surface area contributed by atoms with Gasteiger partial charge in [0.2, 0.25) is 0 Å². The molecule has 0 unspecified atom stereocenters. The fraction of sp³-hybridized carbons (Fsp3) is 0. The number of halogens is 1. The lowest BCUT2D eigenvalue weighted by molar-refractivity contribution is 0.225. The number of carbonyl (C=O) groups is 1. The van der Waals surface area contributed by atoms with Crippen LogP contribution in [-0.2, 0) is 0 Å². The first-order valence-electron chi connectivity index (χ1n) is 5.54. The summed E-state index contributed by atoms with van der Waals surface area (Å²) in [5.74, 6) is 0. The first-order chi connectivity index (χ1) is 9.22. The normalized spacial score (nSPS) is 10.6. The Hall–Kier alpha value is -1.91. The van der Waals surface area contributed by atoms with Crippen molar-refractivity contribution in [3.05, 3.63) is 47.8 Å². The van der Waals surface area contributed by atoms with Gasteiger partial charge in [-0.25, -0.2) is 9.78 Å². The standard InChI is InChI=1S/C14H8ClNO2S/c15-13(17)18-14-16-12(8-19-14)11-6-5-9-3-1-2-4-10(9)7-11/h1-8H. The minimum absolute atomic E-state index is 0.253. The molecule has 0 radical (unpaired) electrons. The molecule has 0 aliphatic rings. The number of hydrogen-bond acceptors (Lipinski definition) is 4. The maximum Gasteiger partial charge on any atom is 0.411 e. The second kappa shape index (κ2) is 4.99. The van der Waals surface area contributed by atoms with Gasteiger partial charge in [-0.2, -0.15) is 0 Å². The number of aromatic nitrogens is 1. The number of rotatable bonds is 2. The van der Waals surface area contributed by atoms with Crippen molar-refractivity contribution in [1.29, 1.82) is 0 Å². The van der Waals surface area contributed by atoms with Crippen molar-refractivity contribution < 1.29 is 9.53 Å². The summed E-state index contributed by atoms with van der Waals surface area (Å²) in [6.45, 7) is 0. The molecule has 1 heterocycles. The molecule has 0 aliphatic carbocycles. The van der Waals surface area contributed by atoms with Gasteiger partial charge in [-0.1, -0.05) is 47.7 Å². The minimum atomic E-state index is -0.876. The predicted octanol–water partition coefficient (Wildman–Crippen LogP) is 4.70. The molecule has 0 saturated carbocycles. The van der Waals surface area contributed by atoms with E-state index >= 15 is 0 Å². The largest absolute Gasteiger partial charge is 0.411 e. The van der Waals surface area contributed by atoms with Crippen LogP contribution in [-0.4, -0.2) is 10.4 Å². The quantitative estimate of drug-likeness (QED) is 0.642. The fourth-order valence-electron chi connectivity index (χ4n) is 1.85. The van der Waals surface area contributed by atoms with E-state index in [0.29, 0.717) is 0 Å². The van der Waals surface area contributed by atoms with Crippen LogP contribution in [0.25, 0.3) is 22.0 Å². The van der Waals surface area contributed by atoms with Crippen LogP contribution in [0.15, 0.2) is 47.8 Å². The van der Waals surface area contributed by atoms with Crippen LogP contribution in [0.2, 0.25) is 0 Å². The lowest BCUT2D eigenvalue weighted by atomic mass is 10.1. The van der Waals surface area contributed by atoms with Crippen molar-refractivity contribution in [3.63, 3.8) is 0 Å². The minimum Gasteiger partial charge on any atom is -0.386 e. The van der Waals surface area contributed by atoms with Crippen LogP contribution >= 0.6 is 22.9 Å². The Labute approximate surface area is 118 Å². The molecule has 19 heavy (non-hydrogen) atoms. The summed E-state index contributed by atoms with van der Waals surface area (Å²) in [4.78, 5) is 14.9. The Morgan fingerprint density at radius 3 is 2.74 bits per heavy atom. The molecular formula is C14H8ClNO2S. The fourth-order valence-corrected chi connectivity index (χ4v) is 2.65. The summed E-state index contributed by atoms with van der Waals surface area (Å²) in [7, 11) is 0. The monoisotopic (exact) mass is 289 g/mol. The number of benzene rings is 2. The van der Waals surface area contributed by atoms with E-state index in [9.17, 15) is 4.79 Å². The Balaban J connectivity index is 1.99. The van der Waals surface area contributed by atoms with Crippen molar-refractivity contribution >= 4 is 39.1 Å². The second-order valence-corrected chi connectivity index (χ2v) is 5.03. The van der Waals surface area contributed by atoms with Crippen molar-refractivity contribution in [2.24, 2.45) is 0 Å². The third-order valence-electron chi connectivity index (χ3n) is 2.70. The zero-order valence-electron chi connectivity index (χ0n) is 9.67. The zero-order valence-corrected chi connectivity index (χ0v) is 11.2. The average molecular weight is 290 g/mol. The molecule has 1 aromatic heterocycles. The van der Waals surface area contributed by atoms with Crippen molar-refractivity contribution in [3.8, 4) is 16.5 Å². The average Bonchev–Trinajstić information content (AvgIpc) is 2.86. The van der Waals surface area contributed by atoms with Crippen LogP contribution in [0.3, 0.4) is 0 Å². The second-order valence-electron chi connectivity index (χ2n) is 3.90. The van der Waals surface area contributed by atoms with Crippen LogP contribution in [0.1, 0.15) is 0 Å². The predicted molar refractivity (Wildman–Crippen MR) is 76.9 cm³/mol. The number of hydrogen-bond donors (Lipinski definition) is 0. The summed E-state index contributed by atoms with van der Waals surface area (Å²) in [5.41, 5.74) is 0.870. The van der Waals surface area contributed by atoms with Gasteiger partial charge >= 0.3 is 5.43 Å². The number of nitrogens with zero attached hydrogens (tertiary/aromatic N) is 1. The summed E-state index contributed by atoms with van der Waals surface area (Å²) in [5, 5.41) is 4.40. The van der Waals surface area contributed by atoms with E-state index in [2.05, 4.69) is 17.1 Å². The van der Waals surface area contributed by atoms with Gasteiger partial charge in [-0.05, 0) is 16.8 Å². The highest BCUT2D eigenvalue weighted by atomic mass is 35.5. The zero-order chi connectivity index (χ0) is 13.2. The van der Waals surface area contributed by atoms with E-state index in [1.807, 2.05) is 35.7 Å². The van der Waals surface area contributed by atoms with Gasteiger partial charge in [0.25, 0.3) is 5.19 Å². The van der Waals surface area contributed by atoms with Crippen LogP contribution < -0.4 is 4.74 Å². The molecule has 5 heteroatoms. The van der Waals surface area contributed by atoms with Gasteiger partial charge in [0, 0.05) is 22.5 Å². The smallest absolute Gasteiger partial charge is 0.386 e. The molecule has 0 aliphatic heterocycles. The van der Waals surface area contributed by atoms with E-state index in [0.717, 1.165) is 16.6 Å². The van der Waals surface area contributed by atoms with E-state index < -0.39 is 5.43 Å². The first-order valence-corrected chi connectivity index (χ1v) is 6.80. The molecule has 2 aromatic carbocycles. The number of fused-ring (bicyclic) bond motifs is 1.